The highest BCUT2D eigenvalue weighted by molar-refractivity contribution is 5.91. The molecule has 1 aliphatic rings. The predicted molar refractivity (Wildman–Crippen MR) is 141 cm³/mol. The Morgan fingerprint density at radius 3 is 2.34 bits per heavy atom. The summed E-state index contributed by atoms with van der Waals surface area (Å²) in [5.74, 6) is 0.296. The number of aliphatic hydroxyl groups is 1. The molecule has 2 N–H and O–H groups in total. The number of nitrogens with zero attached hydrogens (tertiary/aromatic N) is 4. The summed E-state index contributed by atoms with van der Waals surface area (Å²) < 4.78 is 2.21. The van der Waals surface area contributed by atoms with Gasteiger partial charge in [0.1, 0.15) is 12.8 Å². The number of fused-ring (bicyclic) bond motifs is 1. The third-order valence-corrected chi connectivity index (χ3v) is 6.92. The van der Waals surface area contributed by atoms with Gasteiger partial charge in [-0.2, -0.15) is 4.57 Å². The highest BCUT2D eigenvalue weighted by Gasteiger charge is 2.22. The zero-order chi connectivity index (χ0) is 24.1. The second-order valence-corrected chi connectivity index (χ2v) is 8.83. The molecule has 1 aromatic heterocycles. The Kier molecular flexibility index (Phi) is 9.77. The number of pyridine rings is 1. The van der Waals surface area contributed by atoms with Crippen molar-refractivity contribution in [3.05, 3.63) is 59.8 Å². The van der Waals surface area contributed by atoms with Crippen LogP contribution in [0.15, 0.2) is 48.5 Å². The minimum Gasteiger partial charge on any atom is -1.00 e. The molecule has 0 atom stereocenters. The lowest BCUT2D eigenvalue weighted by Gasteiger charge is -2.36. The quantitative estimate of drug-likeness (QED) is 0.297. The average Bonchev–Trinajstić information content (AvgIpc) is 2.86. The Balaban J connectivity index is 0.00000342. The van der Waals surface area contributed by atoms with Gasteiger partial charge in [-0.05, 0) is 38.1 Å². The largest absolute Gasteiger partial charge is 1.00 e. The maximum Gasteiger partial charge on any atom is 0.214 e. The third kappa shape index (κ3) is 6.08. The molecule has 7 heteroatoms. The standard InChI is InChI=1S/C28H36N4O2.HI/c1-4-31(5-2)24-13-11-22(28(34)21-24)10-12-23-20-27(25-8-6-7-9-26(25)29(23)3)32-16-14-30(15-17-32)18-19-33;/h6-13,20-21,33H,4-5,14-19H2,1-3H3;1H. The van der Waals surface area contributed by atoms with Crippen LogP contribution in [0.2, 0.25) is 0 Å². The van der Waals surface area contributed by atoms with Gasteiger partial charge in [0, 0.05) is 81.3 Å². The Bertz CT molecular complexity index is 1160. The van der Waals surface area contributed by atoms with E-state index >= 15 is 0 Å². The van der Waals surface area contributed by atoms with Gasteiger partial charge in [0.15, 0.2) is 0 Å². The zero-order valence-electron chi connectivity index (χ0n) is 21.0. The summed E-state index contributed by atoms with van der Waals surface area (Å²) >= 11 is 0. The SMILES string of the molecule is CCN(CC)c1ccc(/C=C/c2cc(N3CCN(CCO)CC3)c3ccccc3[n+]2C)c(O)c1.[I-]. The molecule has 0 spiro atoms. The highest BCUT2D eigenvalue weighted by atomic mass is 127. The summed E-state index contributed by atoms with van der Waals surface area (Å²) in [6.07, 6.45) is 4.08. The monoisotopic (exact) mass is 588 g/mol. The smallest absolute Gasteiger partial charge is 0.214 e. The lowest BCUT2D eigenvalue weighted by atomic mass is 10.1. The molecule has 0 bridgehead atoms. The molecule has 1 aliphatic heterocycles. The summed E-state index contributed by atoms with van der Waals surface area (Å²) in [7, 11) is 2.09. The number of benzene rings is 2. The van der Waals surface area contributed by atoms with E-state index in [1.165, 1.54) is 16.6 Å². The van der Waals surface area contributed by atoms with Crippen LogP contribution in [0, 0.1) is 0 Å². The normalized spacial score (nSPS) is 14.5. The molecule has 0 saturated carbocycles. The highest BCUT2D eigenvalue weighted by Crippen LogP contribution is 2.29. The van der Waals surface area contributed by atoms with Crippen molar-refractivity contribution in [3.63, 3.8) is 0 Å². The summed E-state index contributed by atoms with van der Waals surface area (Å²) in [6, 6.07) is 16.7. The van der Waals surface area contributed by atoms with E-state index in [2.05, 4.69) is 82.6 Å². The molecule has 2 heterocycles. The maximum absolute atomic E-state index is 10.7. The summed E-state index contributed by atoms with van der Waals surface area (Å²) in [6.45, 7) is 10.8. The number of phenolic OH excluding ortho intramolecular Hbond substituents is 1. The summed E-state index contributed by atoms with van der Waals surface area (Å²) in [4.78, 5) is 6.99. The number of hydrogen-bond acceptors (Lipinski definition) is 5. The van der Waals surface area contributed by atoms with Gasteiger partial charge >= 0.3 is 0 Å². The predicted octanol–water partition coefficient (Wildman–Crippen LogP) is 0.505. The second-order valence-electron chi connectivity index (χ2n) is 8.83. The fourth-order valence-electron chi connectivity index (χ4n) is 4.85. The molecule has 188 valence electrons. The van der Waals surface area contributed by atoms with E-state index in [-0.39, 0.29) is 30.6 Å². The molecule has 4 rings (SSSR count). The van der Waals surface area contributed by atoms with E-state index in [1.54, 1.807) is 0 Å². The summed E-state index contributed by atoms with van der Waals surface area (Å²) in [5.41, 5.74) is 5.34. The molecular weight excluding hydrogens is 551 g/mol. The Morgan fingerprint density at radius 1 is 0.971 bits per heavy atom. The molecule has 1 saturated heterocycles. The first-order chi connectivity index (χ1) is 16.5. The van der Waals surface area contributed by atoms with Crippen LogP contribution in [0.1, 0.15) is 25.1 Å². The first kappa shape index (κ1) is 27.2. The van der Waals surface area contributed by atoms with Crippen molar-refractivity contribution in [1.29, 1.82) is 0 Å². The number of halogens is 1. The number of aromatic nitrogens is 1. The van der Waals surface area contributed by atoms with Crippen molar-refractivity contribution in [2.75, 3.05) is 62.2 Å². The molecular formula is C28H37IN4O2. The van der Waals surface area contributed by atoms with Crippen LogP contribution < -0.4 is 38.3 Å². The number of phenols is 1. The number of rotatable bonds is 8. The van der Waals surface area contributed by atoms with Gasteiger partial charge in [-0.1, -0.05) is 12.1 Å². The molecule has 1 fully saturated rings. The average molecular weight is 589 g/mol. The van der Waals surface area contributed by atoms with E-state index in [9.17, 15) is 10.2 Å². The van der Waals surface area contributed by atoms with Crippen LogP contribution in [0.5, 0.6) is 5.75 Å². The van der Waals surface area contributed by atoms with Crippen molar-refractivity contribution in [2.24, 2.45) is 7.05 Å². The Hall–Kier alpha value is -2.36. The van der Waals surface area contributed by atoms with Crippen molar-refractivity contribution in [3.8, 4) is 5.75 Å². The van der Waals surface area contributed by atoms with Crippen molar-refractivity contribution in [2.45, 2.75) is 13.8 Å². The van der Waals surface area contributed by atoms with Crippen molar-refractivity contribution >= 4 is 34.4 Å². The second kappa shape index (κ2) is 12.6. The molecule has 3 aromatic rings. The number of aliphatic hydroxyl groups excluding tert-OH is 1. The van der Waals surface area contributed by atoms with Crippen LogP contribution in [-0.2, 0) is 7.05 Å². The molecule has 6 nitrogen and oxygen atoms in total. The van der Waals surface area contributed by atoms with Crippen LogP contribution in [0.4, 0.5) is 11.4 Å². The van der Waals surface area contributed by atoms with Gasteiger partial charge in [-0.15, -0.1) is 0 Å². The van der Waals surface area contributed by atoms with Crippen LogP contribution in [-0.4, -0.2) is 67.5 Å². The number of para-hydroxylation sites is 1. The zero-order valence-corrected chi connectivity index (χ0v) is 23.1. The van der Waals surface area contributed by atoms with Crippen molar-refractivity contribution in [1.82, 2.24) is 4.90 Å². The van der Waals surface area contributed by atoms with Gasteiger partial charge in [0.2, 0.25) is 11.2 Å². The number of piperazine rings is 1. The minimum atomic E-state index is 0. The molecule has 0 aliphatic carbocycles. The first-order valence-corrected chi connectivity index (χ1v) is 12.3. The number of β-amino-alcohol motifs (C(OH)–C–C–N with tert-alkyl or cyclic N) is 1. The lowest BCUT2D eigenvalue weighted by molar-refractivity contribution is -0.646. The van der Waals surface area contributed by atoms with Gasteiger partial charge in [-0.25, -0.2) is 0 Å². The van der Waals surface area contributed by atoms with E-state index < -0.39 is 0 Å². The fourth-order valence-corrected chi connectivity index (χ4v) is 4.85. The lowest BCUT2D eigenvalue weighted by Crippen LogP contribution is -3.00. The van der Waals surface area contributed by atoms with Gasteiger partial charge in [0.05, 0.1) is 17.7 Å². The van der Waals surface area contributed by atoms with Crippen LogP contribution >= 0.6 is 0 Å². The topological polar surface area (TPSA) is 54.1 Å². The van der Waals surface area contributed by atoms with Gasteiger partial charge in [-0.3, -0.25) is 4.90 Å². The summed E-state index contributed by atoms with van der Waals surface area (Å²) in [5, 5.41) is 21.2. The van der Waals surface area contributed by atoms with E-state index in [0.717, 1.165) is 62.8 Å². The Morgan fingerprint density at radius 2 is 1.69 bits per heavy atom. The maximum atomic E-state index is 10.7. The van der Waals surface area contributed by atoms with Crippen molar-refractivity contribution < 1.29 is 38.8 Å². The number of hydrogen-bond donors (Lipinski definition) is 2. The molecule has 0 unspecified atom stereocenters. The molecule has 0 amide bonds. The van der Waals surface area contributed by atoms with E-state index in [0.29, 0.717) is 5.75 Å². The third-order valence-electron chi connectivity index (χ3n) is 6.92. The number of anilines is 2. The Labute approximate surface area is 226 Å². The number of aromatic hydroxyl groups is 1. The number of aryl methyl sites for hydroxylation is 1. The first-order valence-electron chi connectivity index (χ1n) is 12.3. The van der Waals surface area contributed by atoms with Crippen LogP contribution in [0.3, 0.4) is 0 Å². The minimum absolute atomic E-state index is 0. The van der Waals surface area contributed by atoms with E-state index in [1.807, 2.05) is 18.2 Å². The van der Waals surface area contributed by atoms with Crippen LogP contribution in [0.25, 0.3) is 23.1 Å². The van der Waals surface area contributed by atoms with Gasteiger partial charge in [0.25, 0.3) is 0 Å². The fraction of sp³-hybridized carbons (Fsp3) is 0.393. The molecule has 2 aromatic carbocycles. The van der Waals surface area contributed by atoms with E-state index in [4.69, 9.17) is 0 Å². The van der Waals surface area contributed by atoms with Gasteiger partial charge < -0.3 is 44.0 Å². The molecule has 0 radical (unpaired) electrons. The molecule has 35 heavy (non-hydrogen) atoms.